The first-order chi connectivity index (χ1) is 7.10. The number of carbonyl (C=O) groups excluding carboxylic acids is 1. The summed E-state index contributed by atoms with van der Waals surface area (Å²) in [7, 11) is -4.14. The lowest BCUT2D eigenvalue weighted by Crippen LogP contribution is -2.29. The molecule has 0 bridgehead atoms. The molecule has 0 atom stereocenters. The molecule has 0 aliphatic rings. The van der Waals surface area contributed by atoms with Gasteiger partial charge in [-0.15, -0.1) is 10.2 Å². The second-order valence-electron chi connectivity index (χ2n) is 2.37. The number of nitrogens with zero attached hydrogens (tertiary/aromatic N) is 2. The molecule has 0 unspecified atom stereocenters. The van der Waals surface area contributed by atoms with Crippen LogP contribution in [0.2, 0.25) is 0 Å². The highest BCUT2D eigenvalue weighted by atomic mass is 32.2. The van der Waals surface area contributed by atoms with Gasteiger partial charge in [-0.05, 0) is 0 Å². The van der Waals surface area contributed by atoms with Crippen molar-refractivity contribution in [3.8, 4) is 0 Å². The molecule has 3 N–H and O–H groups in total. The Morgan fingerprint density at radius 2 is 1.94 bits per heavy atom. The Balaban J connectivity index is 2.86. The molecule has 0 radical (unpaired) electrons. The minimum absolute atomic E-state index is 0.217. The molecule has 0 aromatic carbocycles. The number of nitrogens with two attached hydrogens (primary N) is 1. The Kier molecular flexibility index (Phi) is 3.16. The number of halogens is 3. The number of hydrogen-bond donors (Lipinski definition) is 2. The molecule has 0 aliphatic heterocycles. The molecule has 7 nitrogen and oxygen atoms in total. The van der Waals surface area contributed by atoms with Crippen molar-refractivity contribution in [3.63, 3.8) is 0 Å². The molecule has 0 saturated heterocycles. The molecule has 1 aromatic heterocycles. The van der Waals surface area contributed by atoms with Crippen LogP contribution in [-0.4, -0.2) is 30.7 Å². The van der Waals surface area contributed by atoms with E-state index in [0.29, 0.717) is 0 Å². The largest absolute Gasteiger partial charge is 0.471 e. The van der Waals surface area contributed by atoms with Crippen molar-refractivity contribution in [2.24, 2.45) is 5.14 Å². The zero-order valence-electron chi connectivity index (χ0n) is 7.15. The predicted octanol–water partition coefficient (Wildman–Crippen LogP) is -0.314. The van der Waals surface area contributed by atoms with Crippen molar-refractivity contribution < 1.29 is 26.4 Å². The minimum atomic E-state index is -5.09. The third-order valence-electron chi connectivity index (χ3n) is 1.13. The highest BCUT2D eigenvalue weighted by Gasteiger charge is 2.39. The minimum Gasteiger partial charge on any atom is -0.293 e. The second-order valence-corrected chi connectivity index (χ2v) is 5.08. The Bertz CT molecular complexity index is 507. The number of primary sulfonamides is 1. The van der Waals surface area contributed by atoms with Crippen LogP contribution in [0.1, 0.15) is 0 Å². The summed E-state index contributed by atoms with van der Waals surface area (Å²) in [5.74, 6) is -2.27. The first-order valence-electron chi connectivity index (χ1n) is 3.35. The molecule has 90 valence electrons. The summed E-state index contributed by atoms with van der Waals surface area (Å²) in [6, 6.07) is 0. The maximum absolute atomic E-state index is 11.8. The smallest absolute Gasteiger partial charge is 0.293 e. The van der Waals surface area contributed by atoms with Gasteiger partial charge < -0.3 is 0 Å². The summed E-state index contributed by atoms with van der Waals surface area (Å²) in [6.45, 7) is 0. The summed E-state index contributed by atoms with van der Waals surface area (Å²) in [5, 5.41) is 11.4. The molecule has 12 heteroatoms. The molecular formula is C4H3F3N4O3S2. The van der Waals surface area contributed by atoms with E-state index in [9.17, 15) is 26.4 Å². The molecule has 0 fully saturated rings. The van der Waals surface area contributed by atoms with Crippen molar-refractivity contribution in [1.82, 2.24) is 10.2 Å². The van der Waals surface area contributed by atoms with Crippen LogP contribution in [0.15, 0.2) is 4.34 Å². The number of carbonyl (C=O) groups is 1. The van der Waals surface area contributed by atoms with E-state index in [1.807, 2.05) is 0 Å². The van der Waals surface area contributed by atoms with Gasteiger partial charge in [0.05, 0.1) is 0 Å². The fourth-order valence-corrected chi connectivity index (χ4v) is 1.87. The third kappa shape index (κ3) is 3.11. The van der Waals surface area contributed by atoms with Crippen LogP contribution in [0, 0.1) is 0 Å². The average Bonchev–Trinajstić information content (AvgIpc) is 2.49. The van der Waals surface area contributed by atoms with Crippen molar-refractivity contribution in [2.75, 3.05) is 5.32 Å². The van der Waals surface area contributed by atoms with Gasteiger partial charge in [-0.3, -0.25) is 10.1 Å². The summed E-state index contributed by atoms with van der Waals surface area (Å²) >= 11 is 0.217. The lowest BCUT2D eigenvalue weighted by atomic mass is 10.6. The Labute approximate surface area is 90.5 Å². The van der Waals surface area contributed by atoms with E-state index in [1.54, 1.807) is 0 Å². The van der Waals surface area contributed by atoms with E-state index in [1.165, 1.54) is 5.32 Å². The lowest BCUT2D eigenvalue weighted by molar-refractivity contribution is -0.167. The van der Waals surface area contributed by atoms with E-state index in [4.69, 9.17) is 0 Å². The Morgan fingerprint density at radius 3 is 2.31 bits per heavy atom. The van der Waals surface area contributed by atoms with Crippen LogP contribution in [0.3, 0.4) is 0 Å². The predicted molar refractivity (Wildman–Crippen MR) is 46.0 cm³/mol. The molecule has 0 aliphatic carbocycles. The summed E-state index contributed by atoms with van der Waals surface area (Å²) < 4.78 is 56.0. The number of aromatic nitrogens is 2. The van der Waals surface area contributed by atoms with Crippen LogP contribution >= 0.6 is 11.3 Å². The van der Waals surface area contributed by atoms with Crippen molar-refractivity contribution >= 4 is 32.4 Å². The van der Waals surface area contributed by atoms with Gasteiger partial charge in [0.1, 0.15) is 0 Å². The fraction of sp³-hybridized carbons (Fsp3) is 0.250. The van der Waals surface area contributed by atoms with E-state index in [2.05, 4.69) is 15.3 Å². The third-order valence-corrected chi connectivity index (χ3v) is 3.28. The van der Waals surface area contributed by atoms with Crippen LogP contribution < -0.4 is 10.5 Å². The van der Waals surface area contributed by atoms with Crippen LogP contribution in [-0.2, 0) is 14.8 Å². The van der Waals surface area contributed by atoms with Crippen molar-refractivity contribution in [3.05, 3.63) is 0 Å². The van der Waals surface area contributed by atoms with Crippen LogP contribution in [0.25, 0.3) is 0 Å². The molecule has 0 saturated carbocycles. The monoisotopic (exact) mass is 276 g/mol. The number of rotatable bonds is 2. The van der Waals surface area contributed by atoms with E-state index >= 15 is 0 Å². The number of amides is 1. The van der Waals surface area contributed by atoms with Gasteiger partial charge in [0.25, 0.3) is 10.0 Å². The number of alkyl halides is 3. The standard InChI is InChI=1S/C4H3F3N4O3S2/c5-4(6,7)1(12)9-2-10-11-3(15-2)16(8,13)14/h(H2,8,13,14)(H,9,10,12). The van der Waals surface area contributed by atoms with Crippen molar-refractivity contribution in [2.45, 2.75) is 10.5 Å². The van der Waals surface area contributed by atoms with E-state index in [0.717, 1.165) is 0 Å². The molecule has 1 amide bonds. The SMILES string of the molecule is NS(=O)(=O)c1nnc(NC(=O)C(F)(F)F)s1. The number of sulfonamides is 1. The quantitative estimate of drug-likeness (QED) is 0.719. The first-order valence-corrected chi connectivity index (χ1v) is 5.71. The van der Waals surface area contributed by atoms with E-state index < -0.39 is 31.6 Å². The number of anilines is 1. The molecule has 1 aromatic rings. The first kappa shape index (κ1) is 12.8. The maximum atomic E-state index is 11.8. The maximum Gasteiger partial charge on any atom is 0.471 e. The summed E-state index contributed by atoms with van der Waals surface area (Å²) in [4.78, 5) is 10.4. The number of hydrogen-bond acceptors (Lipinski definition) is 6. The number of nitrogens with one attached hydrogen (secondary N) is 1. The summed E-state index contributed by atoms with van der Waals surface area (Å²) in [5.41, 5.74) is 0. The van der Waals surface area contributed by atoms with Gasteiger partial charge in [0, 0.05) is 0 Å². The normalized spacial score (nSPS) is 12.5. The van der Waals surface area contributed by atoms with Crippen molar-refractivity contribution in [1.29, 1.82) is 0 Å². The molecule has 1 heterocycles. The molecule has 1 rings (SSSR count). The van der Waals surface area contributed by atoms with Gasteiger partial charge in [-0.2, -0.15) is 13.2 Å². The zero-order valence-corrected chi connectivity index (χ0v) is 8.78. The van der Waals surface area contributed by atoms with Gasteiger partial charge in [0.15, 0.2) is 0 Å². The lowest BCUT2D eigenvalue weighted by Gasteiger charge is -2.03. The average molecular weight is 276 g/mol. The van der Waals surface area contributed by atoms with Crippen LogP contribution in [0.4, 0.5) is 18.3 Å². The van der Waals surface area contributed by atoms with Gasteiger partial charge in [0.2, 0.25) is 9.47 Å². The topological polar surface area (TPSA) is 115 Å². The fourth-order valence-electron chi connectivity index (χ4n) is 0.543. The molecule has 0 spiro atoms. The highest BCUT2D eigenvalue weighted by molar-refractivity contribution is 7.91. The van der Waals surface area contributed by atoms with Gasteiger partial charge >= 0.3 is 12.1 Å². The second kappa shape index (κ2) is 3.95. The molecule has 16 heavy (non-hydrogen) atoms. The van der Waals surface area contributed by atoms with Gasteiger partial charge in [-0.25, -0.2) is 13.6 Å². The molecular weight excluding hydrogens is 273 g/mol. The van der Waals surface area contributed by atoms with Crippen LogP contribution in [0.5, 0.6) is 0 Å². The Morgan fingerprint density at radius 1 is 1.38 bits per heavy atom. The zero-order chi connectivity index (χ0) is 12.6. The van der Waals surface area contributed by atoms with Gasteiger partial charge in [-0.1, -0.05) is 11.3 Å². The Hall–Kier alpha value is -1.27. The highest BCUT2D eigenvalue weighted by Crippen LogP contribution is 2.22. The van der Waals surface area contributed by atoms with E-state index in [-0.39, 0.29) is 11.3 Å². The summed E-state index contributed by atoms with van der Waals surface area (Å²) in [6.07, 6.45) is -5.09.